The third-order valence-electron chi connectivity index (χ3n) is 3.45. The van der Waals surface area contributed by atoms with Crippen molar-refractivity contribution in [3.05, 3.63) is 22.4 Å². The molecule has 6 nitrogen and oxygen atoms in total. The molecule has 2 rings (SSSR count). The molecule has 1 saturated heterocycles. The van der Waals surface area contributed by atoms with Gasteiger partial charge in [0.15, 0.2) is 0 Å². The molecular weight excluding hydrogens is 329 g/mol. The molecule has 1 aromatic rings. The number of nitrogens with one attached hydrogen (secondary N) is 2. The van der Waals surface area contributed by atoms with E-state index in [-0.39, 0.29) is 12.6 Å². The SMILES string of the molecule is CS(=O)(=O)NCC(=O)NC[C@@H]1C[C@H](F)CN1Cc1cccs1. The number of hydrogen-bond donors (Lipinski definition) is 2. The van der Waals surface area contributed by atoms with Crippen LogP contribution in [0.4, 0.5) is 4.39 Å². The van der Waals surface area contributed by atoms with Crippen molar-refractivity contribution in [2.24, 2.45) is 0 Å². The number of likely N-dealkylation sites (tertiary alicyclic amines) is 1. The third-order valence-corrected chi connectivity index (χ3v) is 4.98. The van der Waals surface area contributed by atoms with E-state index in [4.69, 9.17) is 0 Å². The molecule has 0 saturated carbocycles. The largest absolute Gasteiger partial charge is 0.353 e. The number of alkyl halides is 1. The summed E-state index contributed by atoms with van der Waals surface area (Å²) < 4.78 is 37.6. The number of nitrogens with zero attached hydrogens (tertiary/aromatic N) is 1. The monoisotopic (exact) mass is 349 g/mol. The number of halogens is 1. The number of rotatable bonds is 7. The Morgan fingerprint density at radius 2 is 2.32 bits per heavy atom. The van der Waals surface area contributed by atoms with Crippen LogP contribution in [0.25, 0.3) is 0 Å². The van der Waals surface area contributed by atoms with Gasteiger partial charge in [-0.05, 0) is 17.9 Å². The van der Waals surface area contributed by atoms with Crippen LogP contribution in [-0.4, -0.2) is 57.3 Å². The van der Waals surface area contributed by atoms with Gasteiger partial charge in [-0.2, -0.15) is 0 Å². The van der Waals surface area contributed by atoms with E-state index in [0.29, 0.717) is 26.1 Å². The van der Waals surface area contributed by atoms with E-state index < -0.39 is 22.1 Å². The number of hydrogen-bond acceptors (Lipinski definition) is 5. The Bertz CT molecular complexity index is 592. The van der Waals surface area contributed by atoms with Crippen molar-refractivity contribution in [1.82, 2.24) is 14.9 Å². The molecule has 0 radical (unpaired) electrons. The van der Waals surface area contributed by atoms with E-state index >= 15 is 0 Å². The Balaban J connectivity index is 1.81. The highest BCUT2D eigenvalue weighted by Crippen LogP contribution is 2.23. The molecule has 22 heavy (non-hydrogen) atoms. The molecule has 1 aromatic heterocycles. The third kappa shape index (κ3) is 5.64. The van der Waals surface area contributed by atoms with E-state index in [9.17, 15) is 17.6 Å². The first-order valence-electron chi connectivity index (χ1n) is 6.95. The van der Waals surface area contributed by atoms with E-state index in [2.05, 4.69) is 10.0 Å². The molecule has 0 aliphatic carbocycles. The van der Waals surface area contributed by atoms with Gasteiger partial charge < -0.3 is 5.32 Å². The maximum absolute atomic E-state index is 13.6. The average Bonchev–Trinajstić information content (AvgIpc) is 3.03. The Morgan fingerprint density at radius 3 is 2.95 bits per heavy atom. The van der Waals surface area contributed by atoms with Gasteiger partial charge in [0, 0.05) is 30.6 Å². The molecule has 124 valence electrons. The Hall–Kier alpha value is -1.03. The summed E-state index contributed by atoms with van der Waals surface area (Å²) in [5, 5.41) is 4.63. The van der Waals surface area contributed by atoms with Gasteiger partial charge in [-0.3, -0.25) is 9.69 Å². The molecule has 0 spiro atoms. The van der Waals surface area contributed by atoms with E-state index in [1.807, 2.05) is 22.4 Å². The van der Waals surface area contributed by atoms with Gasteiger partial charge >= 0.3 is 0 Å². The lowest BCUT2D eigenvalue weighted by molar-refractivity contribution is -0.120. The fourth-order valence-corrected chi connectivity index (χ4v) is 3.54. The topological polar surface area (TPSA) is 78.5 Å². The number of sulfonamides is 1. The van der Waals surface area contributed by atoms with Crippen molar-refractivity contribution >= 4 is 27.3 Å². The van der Waals surface area contributed by atoms with E-state index in [1.54, 1.807) is 11.3 Å². The number of thiophene rings is 1. The van der Waals surface area contributed by atoms with Crippen molar-refractivity contribution in [2.75, 3.05) is 25.9 Å². The maximum Gasteiger partial charge on any atom is 0.235 e. The van der Waals surface area contributed by atoms with Crippen LogP contribution in [-0.2, 0) is 21.4 Å². The molecule has 2 N–H and O–H groups in total. The summed E-state index contributed by atoms with van der Waals surface area (Å²) in [6.45, 7) is 1.05. The zero-order chi connectivity index (χ0) is 16.2. The van der Waals surface area contributed by atoms with Gasteiger partial charge in [0.05, 0.1) is 12.8 Å². The van der Waals surface area contributed by atoms with Crippen molar-refractivity contribution in [3.8, 4) is 0 Å². The minimum Gasteiger partial charge on any atom is -0.353 e. The molecule has 1 aliphatic rings. The van der Waals surface area contributed by atoms with Gasteiger partial charge in [0.2, 0.25) is 15.9 Å². The summed E-state index contributed by atoms with van der Waals surface area (Å²) in [5.41, 5.74) is 0. The van der Waals surface area contributed by atoms with Crippen LogP contribution in [0.5, 0.6) is 0 Å². The van der Waals surface area contributed by atoms with Crippen molar-refractivity contribution in [3.63, 3.8) is 0 Å². The van der Waals surface area contributed by atoms with Crippen LogP contribution in [0, 0.1) is 0 Å². The highest BCUT2D eigenvalue weighted by Gasteiger charge is 2.32. The Morgan fingerprint density at radius 1 is 1.55 bits per heavy atom. The number of carbonyl (C=O) groups excluding carboxylic acids is 1. The second kappa shape index (κ2) is 7.49. The summed E-state index contributed by atoms with van der Waals surface area (Å²) in [6.07, 6.45) is 0.481. The smallest absolute Gasteiger partial charge is 0.235 e. The van der Waals surface area contributed by atoms with Gasteiger partial charge in [-0.25, -0.2) is 17.5 Å². The predicted molar refractivity (Wildman–Crippen MR) is 83.9 cm³/mol. The van der Waals surface area contributed by atoms with Gasteiger partial charge in [-0.15, -0.1) is 11.3 Å². The van der Waals surface area contributed by atoms with Crippen LogP contribution >= 0.6 is 11.3 Å². The average molecular weight is 349 g/mol. The summed E-state index contributed by atoms with van der Waals surface area (Å²) in [4.78, 5) is 14.8. The zero-order valence-corrected chi connectivity index (χ0v) is 13.9. The predicted octanol–water partition coefficient (Wildman–Crippen LogP) is 0.326. The lowest BCUT2D eigenvalue weighted by Crippen LogP contribution is -2.43. The first-order chi connectivity index (χ1) is 10.3. The fourth-order valence-electron chi connectivity index (χ4n) is 2.42. The molecule has 1 aliphatic heterocycles. The van der Waals surface area contributed by atoms with Crippen molar-refractivity contribution in [1.29, 1.82) is 0 Å². The van der Waals surface area contributed by atoms with Crippen LogP contribution in [0.15, 0.2) is 17.5 Å². The maximum atomic E-state index is 13.6. The highest BCUT2D eigenvalue weighted by molar-refractivity contribution is 7.88. The van der Waals surface area contributed by atoms with Crippen LogP contribution in [0.2, 0.25) is 0 Å². The lowest BCUT2D eigenvalue weighted by atomic mass is 10.2. The summed E-state index contributed by atoms with van der Waals surface area (Å²) >= 11 is 1.62. The fraction of sp³-hybridized carbons (Fsp3) is 0.615. The van der Waals surface area contributed by atoms with Crippen LogP contribution in [0.3, 0.4) is 0 Å². The Kier molecular flexibility index (Phi) is 5.90. The standard InChI is InChI=1S/C13H20FN3O3S2/c1-22(19,20)16-7-13(18)15-6-11-5-10(14)8-17(11)9-12-3-2-4-21-12/h2-4,10-11,16H,5-9H2,1H3,(H,15,18)/t10-,11-/m0/s1. The second-order valence-corrected chi connectivity index (χ2v) is 8.26. The van der Waals surface area contributed by atoms with Crippen molar-refractivity contribution in [2.45, 2.75) is 25.2 Å². The minimum absolute atomic E-state index is 0.0701. The molecule has 0 unspecified atom stereocenters. The normalized spacial score (nSPS) is 22.8. The lowest BCUT2D eigenvalue weighted by Gasteiger charge is -2.23. The molecule has 2 atom stereocenters. The van der Waals surface area contributed by atoms with Gasteiger partial charge in [-0.1, -0.05) is 6.07 Å². The summed E-state index contributed by atoms with van der Waals surface area (Å²) in [7, 11) is -3.39. The van der Waals surface area contributed by atoms with E-state index in [0.717, 1.165) is 11.1 Å². The molecule has 0 bridgehead atoms. The van der Waals surface area contributed by atoms with E-state index in [1.165, 1.54) is 0 Å². The quantitative estimate of drug-likeness (QED) is 0.743. The molecule has 0 aromatic carbocycles. The van der Waals surface area contributed by atoms with Crippen LogP contribution in [0.1, 0.15) is 11.3 Å². The summed E-state index contributed by atoms with van der Waals surface area (Å²) in [5.74, 6) is -0.413. The van der Waals surface area contributed by atoms with Gasteiger partial charge in [0.25, 0.3) is 0 Å². The minimum atomic E-state index is -3.39. The number of carbonyl (C=O) groups is 1. The number of amides is 1. The molecule has 9 heteroatoms. The van der Waals surface area contributed by atoms with Gasteiger partial charge in [0.1, 0.15) is 6.17 Å². The Labute approximate surface area is 133 Å². The molecular formula is C13H20FN3O3S2. The summed E-state index contributed by atoms with van der Waals surface area (Å²) in [6, 6.07) is 3.89. The molecule has 1 amide bonds. The highest BCUT2D eigenvalue weighted by atomic mass is 32.2. The molecule has 2 heterocycles. The first-order valence-corrected chi connectivity index (χ1v) is 9.72. The first kappa shape index (κ1) is 17.3. The molecule has 1 fully saturated rings. The zero-order valence-electron chi connectivity index (χ0n) is 12.3. The van der Waals surface area contributed by atoms with Crippen molar-refractivity contribution < 1.29 is 17.6 Å². The van der Waals surface area contributed by atoms with Crippen LogP contribution < -0.4 is 10.0 Å². The second-order valence-electron chi connectivity index (χ2n) is 5.39.